The Hall–Kier alpha value is -3.52. The van der Waals surface area contributed by atoms with Crippen molar-refractivity contribution in [2.75, 3.05) is 23.3 Å². The number of hydrogen-bond acceptors (Lipinski definition) is 6. The second-order valence-electron chi connectivity index (χ2n) is 7.50. The molecule has 4 aromatic rings. The predicted molar refractivity (Wildman–Crippen MR) is 123 cm³/mol. The van der Waals surface area contributed by atoms with E-state index in [9.17, 15) is 4.79 Å². The lowest BCUT2D eigenvalue weighted by atomic mass is 10.1. The molecule has 1 saturated heterocycles. The molecule has 0 spiro atoms. The number of H-pyrrole nitrogens is 1. The highest BCUT2D eigenvalue weighted by Crippen LogP contribution is 2.24. The van der Waals surface area contributed by atoms with Gasteiger partial charge in [0, 0.05) is 24.3 Å². The molecule has 7 nitrogen and oxygen atoms in total. The van der Waals surface area contributed by atoms with Gasteiger partial charge >= 0.3 is 0 Å². The van der Waals surface area contributed by atoms with Gasteiger partial charge < -0.3 is 10.2 Å². The smallest absolute Gasteiger partial charge is 0.276 e. The van der Waals surface area contributed by atoms with E-state index in [2.05, 4.69) is 30.6 Å². The molecule has 2 N–H and O–H groups in total. The van der Waals surface area contributed by atoms with Crippen LogP contribution in [-0.4, -0.2) is 39.4 Å². The van der Waals surface area contributed by atoms with Crippen molar-refractivity contribution in [1.82, 2.24) is 20.4 Å². The maximum absolute atomic E-state index is 12.5. The van der Waals surface area contributed by atoms with Crippen LogP contribution in [0.15, 0.2) is 60.0 Å². The largest absolute Gasteiger partial charge is 0.355 e. The third-order valence-corrected chi connectivity index (χ3v) is 6.27. The van der Waals surface area contributed by atoms with Crippen LogP contribution in [0.25, 0.3) is 21.8 Å². The zero-order chi connectivity index (χ0) is 21.0. The summed E-state index contributed by atoms with van der Waals surface area (Å²) in [5.41, 5.74) is 3.66. The van der Waals surface area contributed by atoms with Gasteiger partial charge in [0.2, 0.25) is 0 Å². The number of carbonyl (C=O) groups is 1. The Balaban J connectivity index is 1.24. The average molecular weight is 431 g/mol. The van der Waals surface area contributed by atoms with Crippen molar-refractivity contribution in [3.8, 4) is 21.8 Å². The van der Waals surface area contributed by atoms with Crippen LogP contribution >= 0.6 is 11.3 Å². The van der Waals surface area contributed by atoms with Crippen LogP contribution in [0.3, 0.4) is 0 Å². The fourth-order valence-corrected chi connectivity index (χ4v) is 4.38. The summed E-state index contributed by atoms with van der Waals surface area (Å²) < 4.78 is 0. The van der Waals surface area contributed by atoms with Crippen LogP contribution in [0.4, 0.5) is 11.5 Å². The molecule has 3 aromatic heterocycles. The van der Waals surface area contributed by atoms with E-state index in [-0.39, 0.29) is 5.91 Å². The number of hydrogen-bond donors (Lipinski definition) is 2. The Morgan fingerprint density at radius 1 is 1.00 bits per heavy atom. The average Bonchev–Trinajstić information content (AvgIpc) is 3.53. The van der Waals surface area contributed by atoms with E-state index in [1.54, 1.807) is 17.4 Å². The zero-order valence-corrected chi connectivity index (χ0v) is 17.7. The summed E-state index contributed by atoms with van der Waals surface area (Å²) in [7, 11) is 0. The van der Waals surface area contributed by atoms with Gasteiger partial charge in [0.1, 0.15) is 0 Å². The number of benzene rings is 1. The van der Waals surface area contributed by atoms with Gasteiger partial charge in [0.25, 0.3) is 5.91 Å². The first-order valence-electron chi connectivity index (χ1n) is 10.4. The SMILES string of the molecule is O=C(Nc1ccc(-c2ccc(N3CCCCC3)nn2)cc1)c1cc(-c2cccs2)[nH]n1. The summed E-state index contributed by atoms with van der Waals surface area (Å²) in [5, 5.41) is 20.7. The van der Waals surface area contributed by atoms with E-state index in [0.717, 1.165) is 40.7 Å². The van der Waals surface area contributed by atoms with Crippen LogP contribution in [0.1, 0.15) is 29.8 Å². The molecule has 1 amide bonds. The van der Waals surface area contributed by atoms with Crippen LogP contribution < -0.4 is 10.2 Å². The van der Waals surface area contributed by atoms with Crippen molar-refractivity contribution in [2.45, 2.75) is 19.3 Å². The third-order valence-electron chi connectivity index (χ3n) is 5.37. The summed E-state index contributed by atoms with van der Waals surface area (Å²) in [5.74, 6) is 0.686. The number of piperidine rings is 1. The lowest BCUT2D eigenvalue weighted by Gasteiger charge is -2.27. The normalized spacial score (nSPS) is 13.9. The number of nitrogens with one attached hydrogen (secondary N) is 2. The van der Waals surface area contributed by atoms with Gasteiger partial charge in [-0.3, -0.25) is 9.89 Å². The molecule has 0 bridgehead atoms. The lowest BCUT2D eigenvalue weighted by molar-refractivity contribution is 0.102. The van der Waals surface area contributed by atoms with Crippen molar-refractivity contribution in [3.63, 3.8) is 0 Å². The van der Waals surface area contributed by atoms with E-state index in [0.29, 0.717) is 11.4 Å². The van der Waals surface area contributed by atoms with Gasteiger partial charge in [0.15, 0.2) is 11.5 Å². The van der Waals surface area contributed by atoms with E-state index in [1.807, 2.05) is 53.9 Å². The monoisotopic (exact) mass is 430 g/mol. The topological polar surface area (TPSA) is 86.8 Å². The van der Waals surface area contributed by atoms with Gasteiger partial charge in [0.05, 0.1) is 16.3 Å². The maximum Gasteiger partial charge on any atom is 0.276 e. The van der Waals surface area contributed by atoms with Gasteiger partial charge in [-0.2, -0.15) is 5.10 Å². The highest BCUT2D eigenvalue weighted by Gasteiger charge is 2.14. The molecular weight excluding hydrogens is 408 g/mol. The van der Waals surface area contributed by atoms with Crippen molar-refractivity contribution >= 4 is 28.7 Å². The molecule has 1 aliphatic heterocycles. The third kappa shape index (κ3) is 4.34. The van der Waals surface area contributed by atoms with E-state index >= 15 is 0 Å². The minimum atomic E-state index is -0.252. The molecular formula is C23H22N6OS. The van der Waals surface area contributed by atoms with Gasteiger partial charge in [-0.1, -0.05) is 18.2 Å². The molecule has 1 aromatic carbocycles. The van der Waals surface area contributed by atoms with Crippen molar-refractivity contribution in [1.29, 1.82) is 0 Å². The highest BCUT2D eigenvalue weighted by molar-refractivity contribution is 7.13. The van der Waals surface area contributed by atoms with E-state index in [4.69, 9.17) is 0 Å². The van der Waals surface area contributed by atoms with Crippen molar-refractivity contribution < 1.29 is 4.79 Å². The number of rotatable bonds is 5. The summed E-state index contributed by atoms with van der Waals surface area (Å²) >= 11 is 1.60. The molecule has 156 valence electrons. The molecule has 0 radical (unpaired) electrons. The Labute approximate surface area is 184 Å². The summed E-state index contributed by atoms with van der Waals surface area (Å²) in [6.45, 7) is 2.10. The molecule has 0 saturated carbocycles. The number of nitrogens with zero attached hydrogens (tertiary/aromatic N) is 4. The number of aromatic nitrogens is 4. The number of anilines is 2. The second kappa shape index (κ2) is 8.69. The zero-order valence-electron chi connectivity index (χ0n) is 16.9. The van der Waals surface area contributed by atoms with Crippen LogP contribution in [-0.2, 0) is 0 Å². The fraction of sp³-hybridized carbons (Fsp3) is 0.217. The first-order valence-corrected chi connectivity index (χ1v) is 11.2. The Morgan fingerprint density at radius 3 is 2.55 bits per heavy atom. The predicted octanol–water partition coefficient (Wildman–Crippen LogP) is 4.84. The molecule has 1 fully saturated rings. The highest BCUT2D eigenvalue weighted by atomic mass is 32.1. The molecule has 0 aliphatic carbocycles. The first kappa shape index (κ1) is 19.4. The Morgan fingerprint density at radius 2 is 1.84 bits per heavy atom. The van der Waals surface area contributed by atoms with Gasteiger partial charge in [-0.25, -0.2) is 0 Å². The Bertz CT molecular complexity index is 1150. The summed E-state index contributed by atoms with van der Waals surface area (Å²) in [6.07, 6.45) is 3.72. The minimum Gasteiger partial charge on any atom is -0.355 e. The summed E-state index contributed by atoms with van der Waals surface area (Å²) in [4.78, 5) is 15.9. The Kier molecular flexibility index (Phi) is 5.45. The molecule has 0 atom stereocenters. The molecule has 31 heavy (non-hydrogen) atoms. The van der Waals surface area contributed by atoms with Crippen molar-refractivity contribution in [2.24, 2.45) is 0 Å². The van der Waals surface area contributed by atoms with Crippen LogP contribution in [0.5, 0.6) is 0 Å². The standard InChI is InChI=1S/C23H22N6OS/c30-23(20-15-19(26-27-20)21-5-4-14-31-21)24-17-8-6-16(7-9-17)18-10-11-22(28-25-18)29-12-2-1-3-13-29/h4-11,14-15H,1-3,12-13H2,(H,24,30)(H,26,27). The number of carbonyl (C=O) groups excluding carboxylic acids is 1. The maximum atomic E-state index is 12.5. The van der Waals surface area contributed by atoms with Crippen LogP contribution in [0.2, 0.25) is 0 Å². The minimum absolute atomic E-state index is 0.252. The fourth-order valence-electron chi connectivity index (χ4n) is 3.69. The van der Waals surface area contributed by atoms with E-state index in [1.165, 1.54) is 19.3 Å². The van der Waals surface area contributed by atoms with Gasteiger partial charge in [-0.05, 0) is 61.0 Å². The van der Waals surface area contributed by atoms with Gasteiger partial charge in [-0.15, -0.1) is 21.5 Å². The second-order valence-corrected chi connectivity index (χ2v) is 8.45. The molecule has 4 heterocycles. The number of aromatic amines is 1. The first-order chi connectivity index (χ1) is 15.3. The number of thiophene rings is 1. The molecule has 5 rings (SSSR count). The molecule has 0 unspecified atom stereocenters. The number of amides is 1. The summed E-state index contributed by atoms with van der Waals surface area (Å²) in [6, 6.07) is 17.3. The van der Waals surface area contributed by atoms with E-state index < -0.39 is 0 Å². The molecule has 8 heteroatoms. The van der Waals surface area contributed by atoms with Crippen molar-refractivity contribution in [3.05, 3.63) is 65.7 Å². The lowest BCUT2D eigenvalue weighted by Crippen LogP contribution is -2.30. The molecule has 1 aliphatic rings. The van der Waals surface area contributed by atoms with Crippen LogP contribution in [0, 0.1) is 0 Å². The quantitative estimate of drug-likeness (QED) is 0.473.